The summed E-state index contributed by atoms with van der Waals surface area (Å²) in [4.78, 5) is 40.0. The summed E-state index contributed by atoms with van der Waals surface area (Å²) in [7, 11) is 0. The van der Waals surface area contributed by atoms with E-state index < -0.39 is 35.3 Å². The zero-order valence-electron chi connectivity index (χ0n) is 16.6. The number of phenols is 1. The van der Waals surface area contributed by atoms with Crippen molar-refractivity contribution in [1.82, 2.24) is 4.90 Å². The van der Waals surface area contributed by atoms with Gasteiger partial charge in [0.15, 0.2) is 0 Å². The first-order chi connectivity index (χ1) is 13.2. The summed E-state index contributed by atoms with van der Waals surface area (Å²) in [6.45, 7) is 6.03. The molecule has 2 amide bonds. The number of rotatable bonds is 7. The Hall–Kier alpha value is -2.41. The monoisotopic (exact) mass is 388 g/mol. The number of carboxylic acid groups (broad SMARTS) is 1. The van der Waals surface area contributed by atoms with E-state index in [-0.39, 0.29) is 24.0 Å². The van der Waals surface area contributed by atoms with Crippen LogP contribution in [-0.2, 0) is 14.4 Å². The van der Waals surface area contributed by atoms with Gasteiger partial charge in [-0.3, -0.25) is 14.5 Å². The van der Waals surface area contributed by atoms with Crippen molar-refractivity contribution in [2.24, 2.45) is 17.8 Å². The lowest BCUT2D eigenvalue weighted by Gasteiger charge is -2.34. The third-order valence-corrected chi connectivity index (χ3v) is 6.02. The van der Waals surface area contributed by atoms with Crippen LogP contribution in [0, 0.1) is 17.8 Å². The van der Waals surface area contributed by atoms with Crippen LogP contribution in [0.3, 0.4) is 0 Å². The maximum Gasteiger partial charge on any atom is 0.240 e. The van der Waals surface area contributed by atoms with Crippen LogP contribution in [0.2, 0.25) is 0 Å². The Labute approximate surface area is 164 Å². The van der Waals surface area contributed by atoms with Gasteiger partial charge in [0.25, 0.3) is 0 Å². The van der Waals surface area contributed by atoms with E-state index >= 15 is 0 Å². The van der Waals surface area contributed by atoms with Crippen LogP contribution in [0.5, 0.6) is 5.75 Å². The Balaban J connectivity index is 2.12. The number of aromatic hydroxyl groups is 1. The van der Waals surface area contributed by atoms with Crippen molar-refractivity contribution >= 4 is 17.8 Å². The van der Waals surface area contributed by atoms with Crippen LogP contribution in [0.4, 0.5) is 0 Å². The molecule has 3 N–H and O–H groups in total. The average molecular weight is 388 g/mol. The van der Waals surface area contributed by atoms with Gasteiger partial charge in [-0.05, 0) is 24.5 Å². The van der Waals surface area contributed by atoms with E-state index in [4.69, 9.17) is 0 Å². The van der Waals surface area contributed by atoms with Gasteiger partial charge in [0.05, 0.1) is 5.56 Å². The molecule has 0 radical (unpaired) electrons. The third-order valence-electron chi connectivity index (χ3n) is 6.02. The van der Waals surface area contributed by atoms with Crippen LogP contribution in [0.1, 0.15) is 51.6 Å². The molecule has 2 aliphatic heterocycles. The van der Waals surface area contributed by atoms with Crippen molar-refractivity contribution in [1.29, 1.82) is 0 Å². The molecule has 28 heavy (non-hydrogen) atoms. The molecule has 4 atom stereocenters. The minimum Gasteiger partial charge on any atom is -0.544 e. The normalized spacial score (nSPS) is 29.6. The summed E-state index contributed by atoms with van der Waals surface area (Å²) < 4.78 is 0. The second-order valence-electron chi connectivity index (χ2n) is 8.36. The Bertz CT molecular complexity index is 793. The highest BCUT2D eigenvalue weighted by molar-refractivity contribution is 6.08. The van der Waals surface area contributed by atoms with Gasteiger partial charge in [0.2, 0.25) is 11.8 Å². The molecule has 0 bridgehead atoms. The number of likely N-dealkylation sites (tertiary alicyclic amines) is 1. The van der Waals surface area contributed by atoms with E-state index in [0.717, 1.165) is 6.42 Å². The second kappa shape index (κ2) is 7.54. The molecule has 0 aromatic heterocycles. The maximum absolute atomic E-state index is 13.2. The quantitative estimate of drug-likeness (QED) is 0.636. The van der Waals surface area contributed by atoms with E-state index in [2.05, 4.69) is 0 Å². The number of carboxylic acids is 1. The molecule has 7 nitrogen and oxygen atoms in total. The van der Waals surface area contributed by atoms with Gasteiger partial charge in [0.1, 0.15) is 35.1 Å². The van der Waals surface area contributed by atoms with Crippen LogP contribution in [0.15, 0.2) is 24.3 Å². The highest BCUT2D eigenvalue weighted by atomic mass is 16.4. The molecule has 2 saturated heterocycles. The minimum absolute atomic E-state index is 0.00606. The fourth-order valence-corrected chi connectivity index (χ4v) is 4.92. The van der Waals surface area contributed by atoms with Crippen molar-refractivity contribution in [3.63, 3.8) is 0 Å². The number of hydrogen-bond donors (Lipinski definition) is 2. The van der Waals surface area contributed by atoms with E-state index in [0.29, 0.717) is 18.5 Å². The first-order valence-electron chi connectivity index (χ1n) is 9.95. The van der Waals surface area contributed by atoms with Crippen molar-refractivity contribution in [3.05, 3.63) is 29.8 Å². The number of nitrogens with two attached hydrogens (primary N) is 1. The summed E-state index contributed by atoms with van der Waals surface area (Å²) in [5, 5.41) is 24.3. The first kappa shape index (κ1) is 20.3. The van der Waals surface area contributed by atoms with E-state index in [9.17, 15) is 24.6 Å². The van der Waals surface area contributed by atoms with Crippen LogP contribution in [-0.4, -0.2) is 39.9 Å². The number of aliphatic carboxylic acids is 1. The summed E-state index contributed by atoms with van der Waals surface area (Å²) in [5.74, 6) is -3.93. The van der Waals surface area contributed by atoms with Gasteiger partial charge in [-0.15, -0.1) is 0 Å². The molecule has 0 aliphatic carbocycles. The Morgan fingerprint density at radius 1 is 1.29 bits per heavy atom. The van der Waals surface area contributed by atoms with Gasteiger partial charge in [0, 0.05) is 13.0 Å². The lowest BCUT2D eigenvalue weighted by Crippen LogP contribution is -2.99. The Morgan fingerprint density at radius 2 is 1.96 bits per heavy atom. The number of hydrogen-bond acceptors (Lipinski definition) is 5. The van der Waals surface area contributed by atoms with Crippen molar-refractivity contribution in [2.75, 3.05) is 6.54 Å². The van der Waals surface area contributed by atoms with Gasteiger partial charge in [-0.25, -0.2) is 0 Å². The highest BCUT2D eigenvalue weighted by Gasteiger charge is 2.69. The molecular weight excluding hydrogens is 360 g/mol. The van der Waals surface area contributed by atoms with E-state index in [1.54, 1.807) is 23.5 Å². The number of carbonyl (C=O) groups excluding carboxylic acids is 3. The van der Waals surface area contributed by atoms with Crippen molar-refractivity contribution in [3.8, 4) is 5.75 Å². The largest absolute Gasteiger partial charge is 0.544 e. The molecule has 1 aromatic carbocycles. The molecule has 0 unspecified atom stereocenters. The Kier molecular flexibility index (Phi) is 5.48. The van der Waals surface area contributed by atoms with Crippen molar-refractivity contribution in [2.45, 2.75) is 51.6 Å². The van der Waals surface area contributed by atoms with E-state index in [1.165, 1.54) is 11.0 Å². The number of para-hydroxylation sites is 1. The predicted molar refractivity (Wildman–Crippen MR) is 98.6 cm³/mol. The molecule has 0 spiro atoms. The summed E-state index contributed by atoms with van der Waals surface area (Å²) in [6, 6.07) is 5.94. The van der Waals surface area contributed by atoms with Gasteiger partial charge in [-0.1, -0.05) is 39.3 Å². The van der Waals surface area contributed by atoms with Crippen LogP contribution < -0.4 is 10.4 Å². The SMILES string of the molecule is CCCCN1C(=O)[C@@H]2[C@@H](c3ccccc3O)[NH2+][C@@](CC(C)C)(C(=O)[O-])[C@@H]2C1=O. The number of benzene rings is 1. The number of phenolic OH excluding ortho intramolecular Hbond substituents is 1. The van der Waals surface area contributed by atoms with E-state index in [1.807, 2.05) is 20.8 Å². The molecule has 2 heterocycles. The van der Waals surface area contributed by atoms with Gasteiger partial charge >= 0.3 is 0 Å². The zero-order valence-corrected chi connectivity index (χ0v) is 16.6. The average Bonchev–Trinajstić information content (AvgIpc) is 3.09. The van der Waals surface area contributed by atoms with Gasteiger partial charge < -0.3 is 20.3 Å². The molecule has 2 aliphatic rings. The Morgan fingerprint density at radius 3 is 2.54 bits per heavy atom. The fourth-order valence-electron chi connectivity index (χ4n) is 4.92. The molecular formula is C21H28N2O5. The van der Waals surface area contributed by atoms with Crippen LogP contribution >= 0.6 is 0 Å². The highest BCUT2D eigenvalue weighted by Crippen LogP contribution is 2.47. The van der Waals surface area contributed by atoms with Crippen molar-refractivity contribution < 1.29 is 29.9 Å². The summed E-state index contributed by atoms with van der Waals surface area (Å²) in [6.07, 6.45) is 1.70. The molecule has 3 rings (SSSR count). The summed E-state index contributed by atoms with van der Waals surface area (Å²) >= 11 is 0. The molecule has 1 aromatic rings. The molecule has 7 heteroatoms. The number of amides is 2. The molecule has 0 saturated carbocycles. The minimum atomic E-state index is -1.53. The zero-order chi connectivity index (χ0) is 20.6. The topological polar surface area (TPSA) is 114 Å². The number of unbranched alkanes of at least 4 members (excludes halogenated alkanes) is 1. The second-order valence-corrected chi connectivity index (χ2v) is 8.36. The van der Waals surface area contributed by atoms with Crippen LogP contribution in [0.25, 0.3) is 0 Å². The number of imide groups is 1. The molecule has 152 valence electrons. The lowest BCUT2D eigenvalue weighted by molar-refractivity contribution is -0.740. The van der Waals surface area contributed by atoms with Gasteiger partial charge in [-0.2, -0.15) is 0 Å². The molecule has 2 fully saturated rings. The third kappa shape index (κ3) is 3.07. The number of nitrogens with zero attached hydrogens (tertiary/aromatic N) is 1. The number of quaternary nitrogens is 1. The number of fused-ring (bicyclic) bond motifs is 1. The maximum atomic E-state index is 13.2. The first-order valence-corrected chi connectivity index (χ1v) is 9.95. The smallest absolute Gasteiger partial charge is 0.240 e. The standard InChI is InChI=1S/C21H28N2O5/c1-4-5-10-23-18(25)15-16(19(23)26)21(20(27)28,11-12(2)3)22-17(15)13-8-6-7-9-14(13)24/h6-9,12,15-17,22,24H,4-5,10-11H2,1-3H3,(H,27,28)/t15-,16-,17+,21+/m0/s1. The predicted octanol–water partition coefficient (Wildman–Crippen LogP) is -0.0536. The lowest BCUT2D eigenvalue weighted by atomic mass is 9.75. The fraction of sp³-hybridized carbons (Fsp3) is 0.571. The number of carbonyl (C=O) groups is 3. The summed E-state index contributed by atoms with van der Waals surface area (Å²) in [5.41, 5.74) is -1.05.